The van der Waals surface area contributed by atoms with E-state index in [-0.39, 0.29) is 10.8 Å². The largest absolute Gasteiger partial charge is 0.340 e. The van der Waals surface area contributed by atoms with Crippen molar-refractivity contribution >= 4 is 26.9 Å². The second-order valence-corrected chi connectivity index (χ2v) is 7.33. The molecular formula is C16H20N2O4S. The molecule has 0 fully saturated rings. The third-order valence-electron chi connectivity index (χ3n) is 4.47. The van der Waals surface area contributed by atoms with Crippen LogP contribution in [0.4, 0.5) is 0 Å². The van der Waals surface area contributed by atoms with Gasteiger partial charge in [-0.15, -0.1) is 0 Å². The van der Waals surface area contributed by atoms with Crippen molar-refractivity contribution in [2.45, 2.75) is 37.6 Å². The molecule has 2 heterocycles. The third kappa shape index (κ3) is 2.64. The zero-order chi connectivity index (χ0) is 16.8. The Kier molecular flexibility index (Phi) is 3.93. The fourth-order valence-corrected chi connectivity index (χ4v) is 3.83. The number of amides is 1. The van der Waals surface area contributed by atoms with E-state index in [1.54, 1.807) is 18.0 Å². The number of carbonyl (C=O) groups excluding carboxylic acids is 1. The van der Waals surface area contributed by atoms with Gasteiger partial charge in [-0.05, 0) is 49.9 Å². The van der Waals surface area contributed by atoms with Gasteiger partial charge in [0.05, 0.1) is 4.90 Å². The van der Waals surface area contributed by atoms with Crippen LogP contribution in [0.25, 0.3) is 10.9 Å². The molecule has 2 aromatic rings. The molecule has 3 rings (SSSR count). The lowest BCUT2D eigenvalue weighted by Crippen LogP contribution is -2.31. The monoisotopic (exact) mass is 336 g/mol. The Morgan fingerprint density at radius 1 is 1.26 bits per heavy atom. The number of aryl methyl sites for hydroxylation is 2. The Morgan fingerprint density at radius 3 is 2.65 bits per heavy atom. The second kappa shape index (κ2) is 5.65. The van der Waals surface area contributed by atoms with Crippen molar-refractivity contribution in [2.75, 3.05) is 13.6 Å². The van der Waals surface area contributed by atoms with Gasteiger partial charge in [0.1, 0.15) is 5.69 Å². The van der Waals surface area contributed by atoms with Crippen molar-refractivity contribution in [1.82, 2.24) is 9.47 Å². The van der Waals surface area contributed by atoms with Gasteiger partial charge in [-0.2, -0.15) is 8.42 Å². The zero-order valence-corrected chi connectivity index (χ0v) is 14.1. The number of benzene rings is 1. The van der Waals surface area contributed by atoms with Crippen LogP contribution in [0, 0.1) is 0 Å². The Morgan fingerprint density at radius 2 is 2.00 bits per heavy atom. The molecule has 1 aliphatic heterocycles. The summed E-state index contributed by atoms with van der Waals surface area (Å²) in [5.41, 5.74) is 2.34. The van der Waals surface area contributed by atoms with Crippen molar-refractivity contribution in [1.29, 1.82) is 0 Å². The summed E-state index contributed by atoms with van der Waals surface area (Å²) < 4.78 is 34.1. The van der Waals surface area contributed by atoms with E-state index in [9.17, 15) is 17.8 Å². The van der Waals surface area contributed by atoms with Crippen molar-refractivity contribution in [2.24, 2.45) is 0 Å². The van der Waals surface area contributed by atoms with Gasteiger partial charge in [-0.25, -0.2) is 0 Å². The maximum absolute atomic E-state index is 12.8. The van der Waals surface area contributed by atoms with Gasteiger partial charge in [0, 0.05) is 31.0 Å². The molecular weight excluding hydrogens is 316 g/mol. The van der Waals surface area contributed by atoms with Gasteiger partial charge >= 0.3 is 0 Å². The second-order valence-electron chi connectivity index (χ2n) is 5.91. The van der Waals surface area contributed by atoms with Crippen LogP contribution in [0.5, 0.6) is 0 Å². The summed E-state index contributed by atoms with van der Waals surface area (Å²) >= 11 is 0. The lowest BCUT2D eigenvalue weighted by Gasteiger charge is -2.22. The fourth-order valence-electron chi connectivity index (χ4n) is 3.32. The summed E-state index contributed by atoms with van der Waals surface area (Å²) in [6, 6.07) is 4.52. The first-order valence-electron chi connectivity index (χ1n) is 7.72. The highest BCUT2D eigenvalue weighted by molar-refractivity contribution is 7.85. The number of rotatable bonds is 2. The normalized spacial score (nSPS) is 16.3. The van der Waals surface area contributed by atoms with Gasteiger partial charge in [-0.3, -0.25) is 9.35 Å². The Balaban J connectivity index is 2.35. The lowest BCUT2D eigenvalue weighted by molar-refractivity contribution is 0.0777. The summed E-state index contributed by atoms with van der Waals surface area (Å²) in [5, 5.41) is 0.737. The molecule has 0 bridgehead atoms. The molecule has 0 spiro atoms. The van der Waals surface area contributed by atoms with E-state index in [0.717, 1.165) is 42.3 Å². The molecule has 124 valence electrons. The topological polar surface area (TPSA) is 79.6 Å². The minimum absolute atomic E-state index is 0.0360. The SMILES string of the molecule is CCn1c2c(c3cc(S(=O)(=O)O)ccc31)CCCCN(C)C2=O. The fraction of sp³-hybridized carbons (Fsp3) is 0.438. The molecule has 1 amide bonds. The number of nitrogens with zero attached hydrogens (tertiary/aromatic N) is 2. The summed E-state index contributed by atoms with van der Waals surface area (Å²) in [5.74, 6) is -0.0360. The summed E-state index contributed by atoms with van der Waals surface area (Å²) in [4.78, 5) is 14.3. The maximum Gasteiger partial charge on any atom is 0.294 e. The molecule has 7 heteroatoms. The van der Waals surface area contributed by atoms with Crippen LogP contribution in [0.3, 0.4) is 0 Å². The van der Waals surface area contributed by atoms with Crippen molar-refractivity contribution in [3.63, 3.8) is 0 Å². The van der Waals surface area contributed by atoms with Crippen LogP contribution < -0.4 is 0 Å². The highest BCUT2D eigenvalue weighted by atomic mass is 32.2. The predicted octanol–water partition coefficient (Wildman–Crippen LogP) is 2.32. The van der Waals surface area contributed by atoms with Crippen molar-refractivity contribution in [3.8, 4) is 0 Å². The van der Waals surface area contributed by atoms with E-state index in [4.69, 9.17) is 0 Å². The van der Waals surface area contributed by atoms with Gasteiger partial charge < -0.3 is 9.47 Å². The molecule has 0 aliphatic carbocycles. The van der Waals surface area contributed by atoms with Crippen LogP contribution in [0.15, 0.2) is 23.1 Å². The molecule has 0 saturated heterocycles. The third-order valence-corrected chi connectivity index (χ3v) is 5.32. The molecule has 0 radical (unpaired) electrons. The zero-order valence-electron chi connectivity index (χ0n) is 13.2. The van der Waals surface area contributed by atoms with Crippen molar-refractivity contribution < 1.29 is 17.8 Å². The lowest BCUT2D eigenvalue weighted by atomic mass is 10.0. The van der Waals surface area contributed by atoms with Gasteiger partial charge in [0.15, 0.2) is 0 Å². The molecule has 1 N–H and O–H groups in total. The van der Waals surface area contributed by atoms with Crippen LogP contribution in [-0.2, 0) is 23.1 Å². The number of hydrogen-bond acceptors (Lipinski definition) is 3. The molecule has 1 aromatic heterocycles. The predicted molar refractivity (Wildman–Crippen MR) is 87.3 cm³/mol. The molecule has 6 nitrogen and oxygen atoms in total. The van der Waals surface area contributed by atoms with Crippen LogP contribution >= 0.6 is 0 Å². The summed E-state index contributed by atoms with van der Waals surface area (Å²) in [7, 11) is -2.47. The number of aromatic nitrogens is 1. The number of fused-ring (bicyclic) bond motifs is 3. The molecule has 0 unspecified atom stereocenters. The van der Waals surface area contributed by atoms with E-state index in [1.807, 2.05) is 11.5 Å². The van der Waals surface area contributed by atoms with Crippen LogP contribution in [0.2, 0.25) is 0 Å². The molecule has 0 saturated carbocycles. The van der Waals surface area contributed by atoms with E-state index in [2.05, 4.69) is 0 Å². The standard InChI is InChI=1S/C16H20N2O4S/c1-3-18-14-8-7-11(23(20,21)22)10-13(14)12-6-4-5-9-17(2)16(19)15(12)18/h7-8,10H,3-6,9H2,1-2H3,(H,20,21,22). The van der Waals surface area contributed by atoms with Crippen molar-refractivity contribution in [3.05, 3.63) is 29.5 Å². The maximum atomic E-state index is 12.8. The Labute approximate surface area is 135 Å². The molecule has 1 aliphatic rings. The van der Waals surface area contributed by atoms with E-state index in [0.29, 0.717) is 12.2 Å². The number of hydrogen-bond donors (Lipinski definition) is 1. The average Bonchev–Trinajstić information content (AvgIpc) is 2.81. The molecule has 23 heavy (non-hydrogen) atoms. The van der Waals surface area contributed by atoms with Crippen LogP contribution in [0.1, 0.15) is 35.8 Å². The molecule has 1 aromatic carbocycles. The number of carbonyl (C=O) groups is 1. The van der Waals surface area contributed by atoms with Gasteiger partial charge in [0.25, 0.3) is 16.0 Å². The highest BCUT2D eigenvalue weighted by Gasteiger charge is 2.26. The van der Waals surface area contributed by atoms with E-state index in [1.165, 1.54) is 12.1 Å². The Bertz CT molecular complexity index is 883. The minimum Gasteiger partial charge on any atom is -0.340 e. The molecule has 0 atom stereocenters. The van der Waals surface area contributed by atoms with Gasteiger partial charge in [-0.1, -0.05) is 0 Å². The van der Waals surface area contributed by atoms with Gasteiger partial charge in [0.2, 0.25) is 0 Å². The summed E-state index contributed by atoms with van der Waals surface area (Å²) in [6.07, 6.45) is 2.58. The van der Waals surface area contributed by atoms with E-state index >= 15 is 0 Å². The first kappa shape index (κ1) is 16.0. The first-order chi connectivity index (χ1) is 10.8. The van der Waals surface area contributed by atoms with E-state index < -0.39 is 10.1 Å². The average molecular weight is 336 g/mol. The first-order valence-corrected chi connectivity index (χ1v) is 9.16. The minimum atomic E-state index is -4.26. The summed E-state index contributed by atoms with van der Waals surface area (Å²) in [6.45, 7) is 3.30. The highest BCUT2D eigenvalue weighted by Crippen LogP contribution is 2.31. The van der Waals surface area contributed by atoms with Crippen LogP contribution in [-0.4, -0.2) is 41.9 Å². The Hall–Kier alpha value is -1.86. The quantitative estimate of drug-likeness (QED) is 0.854. The smallest absolute Gasteiger partial charge is 0.294 e.